The summed E-state index contributed by atoms with van der Waals surface area (Å²) in [6.45, 7) is 2.58. The predicted molar refractivity (Wildman–Crippen MR) is 137 cm³/mol. The number of ether oxygens (including phenoxy) is 1. The average Bonchev–Trinajstić information content (AvgIpc) is 3.72. The number of rotatable bonds is 6. The fourth-order valence-electron chi connectivity index (χ4n) is 5.73. The van der Waals surface area contributed by atoms with Gasteiger partial charge in [0, 0.05) is 43.8 Å². The Morgan fingerprint density at radius 1 is 0.838 bits per heavy atom. The number of carbonyl (C=O) groups is 3. The topological polar surface area (TPSA) is 111 Å². The first-order chi connectivity index (χ1) is 18.0. The van der Waals surface area contributed by atoms with Crippen LogP contribution in [0.2, 0.25) is 0 Å². The second kappa shape index (κ2) is 11.2. The molecule has 1 saturated heterocycles. The number of amides is 3. The highest BCUT2D eigenvalue weighted by molar-refractivity contribution is 5.87. The second-order valence-electron chi connectivity index (χ2n) is 10.2. The molecule has 37 heavy (non-hydrogen) atoms. The summed E-state index contributed by atoms with van der Waals surface area (Å²) >= 11 is 0. The third-order valence-electron chi connectivity index (χ3n) is 7.87. The molecule has 9 nitrogen and oxygen atoms in total. The number of alkyl carbamates (subject to hydrolysis) is 1. The van der Waals surface area contributed by atoms with E-state index < -0.39 is 29.9 Å². The molecular weight excluding hydrogens is 472 g/mol. The Hall–Kier alpha value is -3.59. The van der Waals surface area contributed by atoms with E-state index in [9.17, 15) is 19.6 Å². The first-order valence-electron chi connectivity index (χ1n) is 13.1. The first-order valence-corrected chi connectivity index (χ1v) is 13.1. The molecule has 5 rings (SSSR count). The molecule has 0 aromatic heterocycles. The summed E-state index contributed by atoms with van der Waals surface area (Å²) < 4.78 is 5.64. The summed E-state index contributed by atoms with van der Waals surface area (Å²) in [6, 6.07) is 20.2. The third-order valence-corrected chi connectivity index (χ3v) is 7.87. The molecule has 0 radical (unpaired) electrons. The molecule has 2 aromatic carbocycles. The lowest BCUT2D eigenvalue weighted by molar-refractivity contribution is -0.149. The summed E-state index contributed by atoms with van der Waals surface area (Å²) in [6.07, 6.45) is 0.994. The maximum absolute atomic E-state index is 13.4. The van der Waals surface area contributed by atoms with Gasteiger partial charge >= 0.3 is 6.09 Å². The first kappa shape index (κ1) is 25.1. The molecule has 1 heterocycles. The highest BCUT2D eigenvalue weighted by Crippen LogP contribution is 2.41. The number of hydrogen-bond donors (Lipinski definition) is 3. The van der Waals surface area contributed by atoms with Crippen molar-refractivity contribution in [1.82, 2.24) is 15.7 Å². The number of anilines is 1. The minimum Gasteiger partial charge on any atom is -0.446 e. The Morgan fingerprint density at radius 2 is 1.51 bits per heavy atom. The zero-order valence-corrected chi connectivity index (χ0v) is 20.8. The van der Waals surface area contributed by atoms with Crippen LogP contribution in [0.4, 0.5) is 10.5 Å². The fraction of sp³-hybridized carbons (Fsp3) is 0.464. The Morgan fingerprint density at radius 3 is 2.19 bits per heavy atom. The van der Waals surface area contributed by atoms with Crippen LogP contribution in [0.25, 0.3) is 0 Å². The molecule has 2 unspecified atom stereocenters. The number of benzene rings is 2. The Balaban J connectivity index is 1.13. The molecule has 2 aromatic rings. The smallest absolute Gasteiger partial charge is 0.407 e. The highest BCUT2D eigenvalue weighted by atomic mass is 16.6. The van der Waals surface area contributed by atoms with Crippen molar-refractivity contribution in [2.45, 2.75) is 43.7 Å². The summed E-state index contributed by atoms with van der Waals surface area (Å²) in [5.41, 5.74) is 4.04. The van der Waals surface area contributed by atoms with Gasteiger partial charge in [-0.15, -0.1) is 0 Å². The van der Waals surface area contributed by atoms with Gasteiger partial charge in [-0.2, -0.15) is 0 Å². The Kier molecular flexibility index (Phi) is 7.60. The van der Waals surface area contributed by atoms with Gasteiger partial charge in [0.2, 0.25) is 11.8 Å². The summed E-state index contributed by atoms with van der Waals surface area (Å²) in [4.78, 5) is 42.5. The number of hydroxylamine groups is 1. The Bertz CT molecular complexity index is 1090. The van der Waals surface area contributed by atoms with E-state index in [0.29, 0.717) is 25.9 Å². The van der Waals surface area contributed by atoms with Gasteiger partial charge in [-0.05, 0) is 43.4 Å². The summed E-state index contributed by atoms with van der Waals surface area (Å²) in [5.74, 6) is -1.70. The van der Waals surface area contributed by atoms with E-state index in [4.69, 9.17) is 4.74 Å². The van der Waals surface area contributed by atoms with E-state index in [1.165, 1.54) is 5.56 Å². The third kappa shape index (κ3) is 5.88. The molecular formula is C28H34N4O5. The molecule has 9 heteroatoms. The van der Waals surface area contributed by atoms with Crippen LogP contribution in [0, 0.1) is 11.8 Å². The van der Waals surface area contributed by atoms with Crippen LogP contribution < -0.4 is 15.7 Å². The molecule has 1 aliphatic heterocycles. The van der Waals surface area contributed by atoms with Crippen LogP contribution in [0.1, 0.15) is 37.2 Å². The van der Waals surface area contributed by atoms with E-state index in [1.54, 1.807) is 5.48 Å². The van der Waals surface area contributed by atoms with Crippen LogP contribution >= 0.6 is 0 Å². The molecule has 3 aliphatic rings. The maximum atomic E-state index is 13.4. The van der Waals surface area contributed by atoms with Crippen LogP contribution in [0.3, 0.4) is 0 Å². The lowest BCUT2D eigenvalue weighted by atomic mass is 9.76. The van der Waals surface area contributed by atoms with Crippen LogP contribution in [-0.4, -0.2) is 66.3 Å². The second-order valence-corrected chi connectivity index (χ2v) is 10.2. The van der Waals surface area contributed by atoms with Gasteiger partial charge in [-0.25, -0.2) is 10.3 Å². The minimum atomic E-state index is -0.755. The molecule has 3 fully saturated rings. The molecule has 2 saturated carbocycles. The van der Waals surface area contributed by atoms with E-state index in [-0.39, 0.29) is 24.3 Å². The quantitative estimate of drug-likeness (QED) is 0.410. The van der Waals surface area contributed by atoms with Crippen LogP contribution in [0.15, 0.2) is 60.7 Å². The van der Waals surface area contributed by atoms with Gasteiger partial charge in [0.25, 0.3) is 0 Å². The highest BCUT2D eigenvalue weighted by Gasteiger charge is 2.44. The monoisotopic (exact) mass is 506 g/mol. The van der Waals surface area contributed by atoms with Crippen molar-refractivity contribution in [3.05, 3.63) is 66.2 Å². The van der Waals surface area contributed by atoms with Gasteiger partial charge in [0.1, 0.15) is 6.10 Å². The number of carbonyl (C=O) groups excluding carboxylic acids is 3. The molecule has 2 aliphatic carbocycles. The van der Waals surface area contributed by atoms with Gasteiger partial charge in [0.15, 0.2) is 0 Å². The molecule has 196 valence electrons. The fourth-order valence-corrected chi connectivity index (χ4v) is 5.73. The molecule has 3 amide bonds. The zero-order chi connectivity index (χ0) is 25.8. The molecule has 3 N–H and O–H groups in total. The van der Waals surface area contributed by atoms with Gasteiger partial charge in [-0.1, -0.05) is 48.5 Å². The minimum absolute atomic E-state index is 0.0407. The van der Waals surface area contributed by atoms with E-state index in [1.807, 2.05) is 41.3 Å². The summed E-state index contributed by atoms with van der Waals surface area (Å²) in [5, 5.41) is 12.3. The number of nitrogens with one attached hydrogen (secondary N) is 2. The predicted octanol–water partition coefficient (Wildman–Crippen LogP) is 2.91. The van der Waals surface area contributed by atoms with Crippen molar-refractivity contribution < 1.29 is 24.3 Å². The van der Waals surface area contributed by atoms with Gasteiger partial charge < -0.3 is 19.9 Å². The zero-order valence-electron chi connectivity index (χ0n) is 20.8. The SMILES string of the molecule is O=C(NC1CC1c1ccccc1)O[C@@H]1CC[C@H](C(=O)N2CCN(c3ccccc3)CC2)[C@@H](C(=O)NO)C1. The molecule has 5 atom stereocenters. The standard InChI is InChI=1S/C28H34N4O5/c33-26(30-36)24-17-21(37-28(35)29-25-18-23(25)19-7-3-1-4-8-19)11-12-22(24)27(34)32-15-13-31(14-16-32)20-9-5-2-6-10-20/h1-10,21-25,36H,11-18H2,(H,29,35)(H,30,33)/t21-,22+,23?,24+,25?/m1/s1. The van der Waals surface area contributed by atoms with Crippen molar-refractivity contribution in [2.75, 3.05) is 31.1 Å². The Labute approximate surface area is 216 Å². The number of piperazine rings is 1. The van der Waals surface area contributed by atoms with Crippen molar-refractivity contribution in [3.8, 4) is 0 Å². The summed E-state index contributed by atoms with van der Waals surface area (Å²) in [7, 11) is 0. The van der Waals surface area contributed by atoms with Crippen molar-refractivity contribution >= 4 is 23.6 Å². The van der Waals surface area contributed by atoms with E-state index >= 15 is 0 Å². The van der Waals surface area contributed by atoms with Crippen LogP contribution in [0.5, 0.6) is 0 Å². The molecule has 0 spiro atoms. The van der Waals surface area contributed by atoms with E-state index in [0.717, 1.165) is 25.2 Å². The number of para-hydroxylation sites is 1. The largest absolute Gasteiger partial charge is 0.446 e. The normalized spacial score (nSPS) is 27.2. The van der Waals surface area contributed by atoms with Crippen LogP contribution in [-0.2, 0) is 14.3 Å². The van der Waals surface area contributed by atoms with E-state index in [2.05, 4.69) is 34.5 Å². The van der Waals surface area contributed by atoms with Crippen molar-refractivity contribution in [3.63, 3.8) is 0 Å². The van der Waals surface area contributed by atoms with Crippen molar-refractivity contribution in [1.29, 1.82) is 0 Å². The lowest BCUT2D eigenvalue weighted by Crippen LogP contribution is -2.53. The average molecular weight is 507 g/mol. The maximum Gasteiger partial charge on any atom is 0.407 e. The number of nitrogens with zero attached hydrogens (tertiary/aromatic N) is 2. The van der Waals surface area contributed by atoms with Gasteiger partial charge in [0.05, 0.1) is 11.8 Å². The van der Waals surface area contributed by atoms with Gasteiger partial charge in [-0.3, -0.25) is 14.8 Å². The van der Waals surface area contributed by atoms with Crippen molar-refractivity contribution in [2.24, 2.45) is 11.8 Å². The lowest BCUT2D eigenvalue weighted by Gasteiger charge is -2.40. The number of hydrogen-bond acceptors (Lipinski definition) is 6. The molecule has 0 bridgehead atoms.